The fraction of sp³-hybridized carbons (Fsp3) is 0.520. The number of fused-ring (bicyclic) bond motifs is 1. The molecule has 0 saturated carbocycles. The second-order valence-corrected chi connectivity index (χ2v) is 7.59. The first kappa shape index (κ1) is 22.6. The smallest absolute Gasteiger partial charge is 0.161 e. The number of hydrogen-bond acceptors (Lipinski definition) is 5. The average molecular weight is 415 g/mol. The van der Waals surface area contributed by atoms with Crippen molar-refractivity contribution in [1.29, 1.82) is 0 Å². The molecule has 2 aliphatic heterocycles. The Morgan fingerprint density at radius 1 is 0.933 bits per heavy atom. The van der Waals surface area contributed by atoms with E-state index in [2.05, 4.69) is 37.3 Å². The highest BCUT2D eigenvalue weighted by Gasteiger charge is 2.29. The zero-order valence-corrected chi connectivity index (χ0v) is 18.3. The second-order valence-electron chi connectivity index (χ2n) is 7.59. The van der Waals surface area contributed by atoms with Crippen molar-refractivity contribution in [3.63, 3.8) is 0 Å². The van der Waals surface area contributed by atoms with Crippen molar-refractivity contribution < 1.29 is 24.4 Å². The Bertz CT molecular complexity index is 819. The summed E-state index contributed by atoms with van der Waals surface area (Å²) >= 11 is 0. The second kappa shape index (κ2) is 10.8. The Kier molecular flexibility index (Phi) is 8.14. The van der Waals surface area contributed by atoms with Crippen LogP contribution in [0.15, 0.2) is 36.4 Å². The minimum Gasteiger partial charge on any atom is -0.486 e. The molecule has 2 N–H and O–H groups in total. The summed E-state index contributed by atoms with van der Waals surface area (Å²) in [6.07, 6.45) is 1.87. The Balaban J connectivity index is 0.00000124. The average Bonchev–Trinajstić information content (AvgIpc) is 2.80. The van der Waals surface area contributed by atoms with Gasteiger partial charge in [0.2, 0.25) is 0 Å². The third kappa shape index (κ3) is 5.34. The molecule has 3 unspecified atom stereocenters. The number of hydrogen-bond donors (Lipinski definition) is 2. The molecule has 0 bridgehead atoms. The molecule has 2 aliphatic rings. The lowest BCUT2D eigenvalue weighted by atomic mass is 9.91. The van der Waals surface area contributed by atoms with Crippen LogP contribution in [0.3, 0.4) is 0 Å². The van der Waals surface area contributed by atoms with E-state index in [1.54, 1.807) is 0 Å². The first-order chi connectivity index (χ1) is 14.7. The monoisotopic (exact) mass is 414 g/mol. The standard InChI is InChI=1S/C23H28O5.C2H6/c1-2-16-4-5-17(22-13-19(25)12-20(14-24)28-22)11-18(16)9-15-3-6-21-23(10-15)27-8-7-26-21;1-2/h3-6,10-11,19-20,22,24-25H,2,7-9,12-14H2,1H3;1-2H3. The highest BCUT2D eigenvalue weighted by Crippen LogP contribution is 2.34. The van der Waals surface area contributed by atoms with Gasteiger partial charge in [-0.15, -0.1) is 0 Å². The van der Waals surface area contributed by atoms with Gasteiger partial charge in [-0.1, -0.05) is 45.0 Å². The quantitative estimate of drug-likeness (QED) is 0.767. The summed E-state index contributed by atoms with van der Waals surface area (Å²) in [6.45, 7) is 7.27. The van der Waals surface area contributed by atoms with Gasteiger partial charge in [-0.05, 0) is 47.2 Å². The van der Waals surface area contributed by atoms with Crippen LogP contribution in [-0.2, 0) is 17.6 Å². The molecule has 0 radical (unpaired) electrons. The third-order valence-corrected chi connectivity index (χ3v) is 5.57. The van der Waals surface area contributed by atoms with Crippen molar-refractivity contribution in [2.75, 3.05) is 19.8 Å². The fourth-order valence-electron chi connectivity index (χ4n) is 4.10. The first-order valence-electron chi connectivity index (χ1n) is 11.1. The Hall–Kier alpha value is -2.08. The Labute approximate surface area is 179 Å². The van der Waals surface area contributed by atoms with Gasteiger partial charge in [-0.25, -0.2) is 0 Å². The summed E-state index contributed by atoms with van der Waals surface area (Å²) in [4.78, 5) is 0. The molecule has 1 saturated heterocycles. The molecular formula is C25H34O5. The van der Waals surface area contributed by atoms with Crippen LogP contribution >= 0.6 is 0 Å². The van der Waals surface area contributed by atoms with E-state index in [4.69, 9.17) is 14.2 Å². The minimum absolute atomic E-state index is 0.0648. The van der Waals surface area contributed by atoms with Crippen LogP contribution in [-0.4, -0.2) is 42.2 Å². The molecule has 1 fully saturated rings. The van der Waals surface area contributed by atoms with Gasteiger partial charge in [0.25, 0.3) is 0 Å². The Morgan fingerprint density at radius 2 is 1.70 bits per heavy atom. The summed E-state index contributed by atoms with van der Waals surface area (Å²) in [7, 11) is 0. The van der Waals surface area contributed by atoms with E-state index in [0.29, 0.717) is 26.1 Å². The molecule has 2 aromatic carbocycles. The van der Waals surface area contributed by atoms with Gasteiger partial charge in [0.05, 0.1) is 24.9 Å². The van der Waals surface area contributed by atoms with E-state index >= 15 is 0 Å². The largest absolute Gasteiger partial charge is 0.486 e. The third-order valence-electron chi connectivity index (χ3n) is 5.57. The highest BCUT2D eigenvalue weighted by molar-refractivity contribution is 5.46. The SMILES string of the molecule is CC.CCc1ccc(C2CC(O)CC(CO)O2)cc1Cc1ccc2c(c1)OCCO2. The topological polar surface area (TPSA) is 68.2 Å². The van der Waals surface area contributed by atoms with Crippen LogP contribution in [0.2, 0.25) is 0 Å². The number of ether oxygens (including phenoxy) is 3. The predicted octanol–water partition coefficient (Wildman–Crippen LogP) is 4.21. The van der Waals surface area contributed by atoms with E-state index in [0.717, 1.165) is 29.9 Å². The van der Waals surface area contributed by atoms with Crippen LogP contribution < -0.4 is 9.47 Å². The highest BCUT2D eigenvalue weighted by atomic mass is 16.6. The van der Waals surface area contributed by atoms with Crippen molar-refractivity contribution in [2.24, 2.45) is 0 Å². The summed E-state index contributed by atoms with van der Waals surface area (Å²) in [6, 6.07) is 12.5. The van der Waals surface area contributed by atoms with Gasteiger partial charge in [0, 0.05) is 12.8 Å². The number of aliphatic hydroxyl groups is 2. The Morgan fingerprint density at radius 3 is 2.43 bits per heavy atom. The summed E-state index contributed by atoms with van der Waals surface area (Å²) in [5.41, 5.74) is 4.78. The van der Waals surface area contributed by atoms with Crippen LogP contribution in [0.4, 0.5) is 0 Å². The number of aliphatic hydroxyl groups excluding tert-OH is 2. The van der Waals surface area contributed by atoms with Crippen molar-refractivity contribution in [2.45, 2.75) is 64.8 Å². The van der Waals surface area contributed by atoms with Crippen LogP contribution in [0, 0.1) is 0 Å². The van der Waals surface area contributed by atoms with Gasteiger partial charge in [0.15, 0.2) is 11.5 Å². The molecule has 5 nitrogen and oxygen atoms in total. The van der Waals surface area contributed by atoms with Crippen LogP contribution in [0.25, 0.3) is 0 Å². The van der Waals surface area contributed by atoms with E-state index in [9.17, 15) is 10.2 Å². The van der Waals surface area contributed by atoms with E-state index in [1.807, 2.05) is 19.9 Å². The zero-order valence-electron chi connectivity index (χ0n) is 18.3. The minimum atomic E-state index is -0.442. The molecule has 164 valence electrons. The first-order valence-corrected chi connectivity index (χ1v) is 11.1. The lowest BCUT2D eigenvalue weighted by Crippen LogP contribution is -2.33. The summed E-state index contributed by atoms with van der Waals surface area (Å²) < 4.78 is 17.3. The van der Waals surface area contributed by atoms with Gasteiger partial charge in [-0.3, -0.25) is 0 Å². The van der Waals surface area contributed by atoms with E-state index in [-0.39, 0.29) is 18.8 Å². The molecule has 0 amide bonds. The molecule has 30 heavy (non-hydrogen) atoms. The van der Waals surface area contributed by atoms with Crippen molar-refractivity contribution in [3.05, 3.63) is 58.7 Å². The zero-order chi connectivity index (χ0) is 21.5. The molecular weight excluding hydrogens is 380 g/mol. The summed E-state index contributed by atoms with van der Waals surface area (Å²) in [5.74, 6) is 1.61. The van der Waals surface area contributed by atoms with Gasteiger partial charge < -0.3 is 24.4 Å². The number of aryl methyl sites for hydroxylation is 1. The maximum atomic E-state index is 10.1. The fourth-order valence-corrected chi connectivity index (χ4v) is 4.10. The molecule has 2 aromatic rings. The molecule has 0 aromatic heterocycles. The van der Waals surface area contributed by atoms with Gasteiger partial charge in [0.1, 0.15) is 13.2 Å². The normalized spacial score (nSPS) is 22.8. The molecule has 0 aliphatic carbocycles. The lowest BCUT2D eigenvalue weighted by Gasteiger charge is -2.33. The van der Waals surface area contributed by atoms with E-state index in [1.165, 1.54) is 16.7 Å². The molecule has 3 atom stereocenters. The van der Waals surface area contributed by atoms with Gasteiger partial charge >= 0.3 is 0 Å². The van der Waals surface area contributed by atoms with Crippen LogP contribution in [0.1, 0.15) is 62.0 Å². The predicted molar refractivity (Wildman–Crippen MR) is 117 cm³/mol. The summed E-state index contributed by atoms with van der Waals surface area (Å²) in [5, 5.41) is 19.6. The molecule has 5 heteroatoms. The molecule has 2 heterocycles. The van der Waals surface area contributed by atoms with Crippen molar-refractivity contribution in [3.8, 4) is 11.5 Å². The lowest BCUT2D eigenvalue weighted by molar-refractivity contribution is -0.113. The maximum absolute atomic E-state index is 10.1. The number of rotatable bonds is 5. The van der Waals surface area contributed by atoms with Crippen molar-refractivity contribution >= 4 is 0 Å². The van der Waals surface area contributed by atoms with E-state index < -0.39 is 6.10 Å². The molecule has 0 spiro atoms. The molecule has 4 rings (SSSR count). The van der Waals surface area contributed by atoms with Gasteiger partial charge in [-0.2, -0.15) is 0 Å². The maximum Gasteiger partial charge on any atom is 0.161 e. The van der Waals surface area contributed by atoms with Crippen LogP contribution in [0.5, 0.6) is 11.5 Å². The van der Waals surface area contributed by atoms with Crippen molar-refractivity contribution in [1.82, 2.24) is 0 Å². The number of benzene rings is 2.